The highest BCUT2D eigenvalue weighted by molar-refractivity contribution is 5.80. The zero-order chi connectivity index (χ0) is 10.8. The van der Waals surface area contributed by atoms with Gasteiger partial charge in [-0.2, -0.15) is 0 Å². The Hall–Kier alpha value is -1.42. The van der Waals surface area contributed by atoms with Crippen molar-refractivity contribution in [2.24, 2.45) is 0 Å². The minimum Gasteiger partial charge on any atom is -0.392 e. The van der Waals surface area contributed by atoms with Gasteiger partial charge in [0.25, 0.3) is 6.43 Å². The van der Waals surface area contributed by atoms with Crippen molar-refractivity contribution < 1.29 is 13.9 Å². The normalized spacial score (nSPS) is 11.5. The zero-order valence-electron chi connectivity index (χ0n) is 8.03. The Bertz CT molecular complexity index is 465. The van der Waals surface area contributed by atoms with Gasteiger partial charge in [0.2, 0.25) is 0 Å². The molecule has 0 spiro atoms. The molecule has 15 heavy (non-hydrogen) atoms. The van der Waals surface area contributed by atoms with Gasteiger partial charge >= 0.3 is 0 Å². The Labute approximate surface area is 85.8 Å². The molecule has 0 aliphatic rings. The van der Waals surface area contributed by atoms with Gasteiger partial charge in [0.15, 0.2) is 0 Å². The van der Waals surface area contributed by atoms with Crippen molar-refractivity contribution in [2.45, 2.75) is 19.6 Å². The monoisotopic (exact) mass is 211 g/mol. The molecule has 0 bridgehead atoms. The lowest BCUT2D eigenvalue weighted by Crippen LogP contribution is -2.04. The van der Waals surface area contributed by atoms with Gasteiger partial charge in [-0.15, -0.1) is 0 Å². The molecule has 1 N–H and O–H groups in total. The molecule has 2 nitrogen and oxygen atoms in total. The fourth-order valence-corrected chi connectivity index (χ4v) is 1.64. The molecule has 2 rings (SSSR count). The van der Waals surface area contributed by atoms with Crippen LogP contribution in [0.4, 0.5) is 8.78 Å². The van der Waals surface area contributed by atoms with Crippen LogP contribution in [0, 0.1) is 0 Å². The van der Waals surface area contributed by atoms with E-state index in [0.29, 0.717) is 0 Å². The molecular formula is C11H11F2NO. The average Bonchev–Trinajstić information content (AvgIpc) is 2.60. The van der Waals surface area contributed by atoms with Crippen LogP contribution in [0.15, 0.2) is 30.5 Å². The maximum absolute atomic E-state index is 12.2. The van der Waals surface area contributed by atoms with Crippen LogP contribution in [0.5, 0.6) is 0 Å². The van der Waals surface area contributed by atoms with Crippen LogP contribution in [0.3, 0.4) is 0 Å². The van der Waals surface area contributed by atoms with Crippen LogP contribution in [-0.4, -0.2) is 16.1 Å². The third kappa shape index (κ3) is 1.99. The van der Waals surface area contributed by atoms with E-state index >= 15 is 0 Å². The number of hydrogen-bond acceptors (Lipinski definition) is 1. The summed E-state index contributed by atoms with van der Waals surface area (Å²) in [6.45, 7) is -0.381. The quantitative estimate of drug-likeness (QED) is 0.828. The van der Waals surface area contributed by atoms with Gasteiger partial charge in [-0.1, -0.05) is 12.1 Å². The van der Waals surface area contributed by atoms with Crippen LogP contribution in [-0.2, 0) is 13.2 Å². The Kier molecular flexibility index (Phi) is 2.68. The van der Waals surface area contributed by atoms with Gasteiger partial charge in [0, 0.05) is 11.7 Å². The number of fused-ring (bicyclic) bond motifs is 1. The van der Waals surface area contributed by atoms with E-state index in [0.717, 1.165) is 16.5 Å². The Morgan fingerprint density at radius 3 is 2.73 bits per heavy atom. The lowest BCUT2D eigenvalue weighted by atomic mass is 10.2. The van der Waals surface area contributed by atoms with Gasteiger partial charge in [-0.05, 0) is 23.1 Å². The standard InChI is InChI=1S/C11H11F2NO/c12-11(13)6-14-4-3-9-2-1-8(7-15)5-10(9)14/h1-5,11,15H,6-7H2. The summed E-state index contributed by atoms with van der Waals surface area (Å²) in [5, 5.41) is 9.86. The number of hydrogen-bond donors (Lipinski definition) is 1. The van der Waals surface area contributed by atoms with Gasteiger partial charge in [0.1, 0.15) is 0 Å². The fourth-order valence-electron chi connectivity index (χ4n) is 1.64. The lowest BCUT2D eigenvalue weighted by Gasteiger charge is -2.05. The first-order valence-corrected chi connectivity index (χ1v) is 4.67. The van der Waals surface area contributed by atoms with E-state index < -0.39 is 6.43 Å². The first kappa shape index (κ1) is 10.1. The zero-order valence-corrected chi connectivity index (χ0v) is 8.03. The van der Waals surface area contributed by atoms with Gasteiger partial charge in [-0.3, -0.25) is 0 Å². The summed E-state index contributed by atoms with van der Waals surface area (Å²) in [7, 11) is 0. The molecular weight excluding hydrogens is 200 g/mol. The predicted octanol–water partition coefficient (Wildman–Crippen LogP) is 2.40. The molecule has 0 unspecified atom stereocenters. The number of nitrogens with zero attached hydrogens (tertiary/aromatic N) is 1. The maximum Gasteiger partial charge on any atom is 0.256 e. The first-order chi connectivity index (χ1) is 7.20. The minimum absolute atomic E-state index is 0.0736. The summed E-state index contributed by atoms with van der Waals surface area (Å²) in [5.74, 6) is 0. The predicted molar refractivity (Wildman–Crippen MR) is 53.9 cm³/mol. The molecule has 1 aromatic carbocycles. The summed E-state index contributed by atoms with van der Waals surface area (Å²) < 4.78 is 26.0. The summed E-state index contributed by atoms with van der Waals surface area (Å²) in [5.41, 5.74) is 1.47. The summed E-state index contributed by atoms with van der Waals surface area (Å²) in [6, 6.07) is 7.13. The fraction of sp³-hybridized carbons (Fsp3) is 0.273. The number of benzene rings is 1. The lowest BCUT2D eigenvalue weighted by molar-refractivity contribution is 0.128. The molecule has 0 aliphatic carbocycles. The molecule has 80 valence electrons. The topological polar surface area (TPSA) is 25.2 Å². The van der Waals surface area contributed by atoms with Crippen molar-refractivity contribution in [1.82, 2.24) is 4.57 Å². The molecule has 0 amide bonds. The van der Waals surface area contributed by atoms with Crippen molar-refractivity contribution in [3.8, 4) is 0 Å². The number of rotatable bonds is 3. The highest BCUT2D eigenvalue weighted by atomic mass is 19.3. The molecule has 0 saturated carbocycles. The second-order valence-corrected chi connectivity index (χ2v) is 3.41. The Balaban J connectivity index is 2.46. The molecule has 0 aliphatic heterocycles. The van der Waals surface area contributed by atoms with E-state index in [9.17, 15) is 8.78 Å². The summed E-state index contributed by atoms with van der Waals surface area (Å²) >= 11 is 0. The van der Waals surface area contributed by atoms with E-state index in [1.807, 2.05) is 6.07 Å². The van der Waals surface area contributed by atoms with Crippen molar-refractivity contribution in [2.75, 3.05) is 0 Å². The average molecular weight is 211 g/mol. The van der Waals surface area contributed by atoms with Crippen molar-refractivity contribution in [3.05, 3.63) is 36.0 Å². The van der Waals surface area contributed by atoms with E-state index in [-0.39, 0.29) is 13.2 Å². The number of alkyl halides is 2. The van der Waals surface area contributed by atoms with Gasteiger partial charge in [-0.25, -0.2) is 8.78 Å². The van der Waals surface area contributed by atoms with E-state index in [2.05, 4.69) is 0 Å². The third-order valence-electron chi connectivity index (χ3n) is 2.36. The largest absolute Gasteiger partial charge is 0.392 e. The smallest absolute Gasteiger partial charge is 0.256 e. The SMILES string of the molecule is OCc1ccc2ccn(CC(F)F)c2c1. The maximum atomic E-state index is 12.2. The van der Waals surface area contributed by atoms with Crippen molar-refractivity contribution in [3.63, 3.8) is 0 Å². The first-order valence-electron chi connectivity index (χ1n) is 4.67. The molecule has 1 heterocycles. The van der Waals surface area contributed by atoms with Crippen LogP contribution >= 0.6 is 0 Å². The molecule has 0 atom stereocenters. The molecule has 0 saturated heterocycles. The van der Waals surface area contributed by atoms with E-state index in [4.69, 9.17) is 5.11 Å². The number of aliphatic hydroxyl groups is 1. The van der Waals surface area contributed by atoms with Crippen LogP contribution in [0.1, 0.15) is 5.56 Å². The second-order valence-electron chi connectivity index (χ2n) is 3.41. The van der Waals surface area contributed by atoms with Crippen LogP contribution < -0.4 is 0 Å². The third-order valence-corrected chi connectivity index (χ3v) is 2.36. The Morgan fingerprint density at radius 1 is 1.27 bits per heavy atom. The number of aromatic nitrogens is 1. The molecule has 2 aromatic rings. The molecule has 0 radical (unpaired) electrons. The number of halogens is 2. The van der Waals surface area contributed by atoms with Crippen molar-refractivity contribution in [1.29, 1.82) is 0 Å². The highest BCUT2D eigenvalue weighted by Crippen LogP contribution is 2.18. The van der Waals surface area contributed by atoms with E-state index in [1.165, 1.54) is 4.57 Å². The van der Waals surface area contributed by atoms with Crippen LogP contribution in [0.2, 0.25) is 0 Å². The summed E-state index contributed by atoms with van der Waals surface area (Å²) in [6.07, 6.45) is -0.726. The van der Waals surface area contributed by atoms with E-state index in [1.54, 1.807) is 24.4 Å². The molecule has 0 fully saturated rings. The van der Waals surface area contributed by atoms with Crippen molar-refractivity contribution >= 4 is 10.9 Å². The molecule has 1 aromatic heterocycles. The number of aliphatic hydroxyl groups excluding tert-OH is 1. The van der Waals surface area contributed by atoms with Gasteiger partial charge in [0.05, 0.1) is 13.2 Å². The highest BCUT2D eigenvalue weighted by Gasteiger charge is 2.07. The minimum atomic E-state index is -2.36. The van der Waals surface area contributed by atoms with Crippen LogP contribution in [0.25, 0.3) is 10.9 Å². The Morgan fingerprint density at radius 2 is 2.07 bits per heavy atom. The van der Waals surface area contributed by atoms with Gasteiger partial charge < -0.3 is 9.67 Å². The second kappa shape index (κ2) is 3.98. The summed E-state index contributed by atoms with van der Waals surface area (Å²) in [4.78, 5) is 0. The molecule has 4 heteroatoms.